The molecule has 6 nitrogen and oxygen atoms in total. The number of anilines is 1. The van der Waals surface area contributed by atoms with E-state index in [1.165, 1.54) is 17.7 Å². The summed E-state index contributed by atoms with van der Waals surface area (Å²) < 4.78 is 19.1. The van der Waals surface area contributed by atoms with E-state index in [0.717, 1.165) is 40.8 Å². The summed E-state index contributed by atoms with van der Waals surface area (Å²) >= 11 is 0. The van der Waals surface area contributed by atoms with Crippen LogP contribution < -0.4 is 5.01 Å². The highest BCUT2D eigenvalue weighted by molar-refractivity contribution is 6.41. The molecule has 0 radical (unpaired) electrons. The van der Waals surface area contributed by atoms with Crippen molar-refractivity contribution >= 4 is 29.1 Å². The number of guanidine groups is 1. The number of benzene rings is 3. The standard InChI is InChI=1S/C29H25FN4O2/c1-3-36-28(35)27-32-34(22-15-13-21(30)14-16-22)29-31-25-23-7-5-4-6-19(23)12-17-24(25)26(33(27)29)20-10-8-18(2)9-11-20/h4-11,13-16,26H,3,12,17H2,1-2H3/t26-/m1/s1. The number of amidine groups is 1. The monoisotopic (exact) mass is 480 g/mol. The number of aliphatic imine (C=N–C) groups is 1. The molecule has 36 heavy (non-hydrogen) atoms. The normalized spacial score (nSPS) is 18.2. The van der Waals surface area contributed by atoms with E-state index in [9.17, 15) is 9.18 Å². The molecule has 7 heteroatoms. The van der Waals surface area contributed by atoms with Crippen LogP contribution in [-0.2, 0) is 16.0 Å². The number of hydrogen-bond acceptors (Lipinski definition) is 6. The van der Waals surface area contributed by atoms with Crippen LogP contribution in [0, 0.1) is 12.7 Å². The van der Waals surface area contributed by atoms with Gasteiger partial charge in [0.05, 0.1) is 24.0 Å². The fourth-order valence-corrected chi connectivity index (χ4v) is 5.10. The van der Waals surface area contributed by atoms with Crippen LogP contribution in [0.1, 0.15) is 41.6 Å². The molecule has 6 rings (SSSR count). The van der Waals surface area contributed by atoms with Crippen molar-refractivity contribution < 1.29 is 13.9 Å². The number of halogens is 1. The zero-order valence-corrected chi connectivity index (χ0v) is 20.1. The molecule has 180 valence electrons. The molecule has 3 aromatic carbocycles. The van der Waals surface area contributed by atoms with Gasteiger partial charge in [-0.15, -0.1) is 5.10 Å². The Balaban J connectivity index is 1.58. The Labute approximate surface area is 209 Å². The van der Waals surface area contributed by atoms with Crippen molar-refractivity contribution in [1.29, 1.82) is 0 Å². The number of rotatable bonds is 4. The number of nitrogens with zero attached hydrogens (tertiary/aromatic N) is 4. The van der Waals surface area contributed by atoms with E-state index < -0.39 is 5.97 Å². The van der Waals surface area contributed by atoms with Crippen molar-refractivity contribution in [3.63, 3.8) is 0 Å². The quantitative estimate of drug-likeness (QED) is 0.456. The van der Waals surface area contributed by atoms with Gasteiger partial charge in [0.2, 0.25) is 11.8 Å². The van der Waals surface area contributed by atoms with E-state index in [4.69, 9.17) is 9.73 Å². The molecule has 0 N–H and O–H groups in total. The molecule has 0 saturated heterocycles. The molecule has 2 heterocycles. The van der Waals surface area contributed by atoms with E-state index in [-0.39, 0.29) is 24.3 Å². The van der Waals surface area contributed by atoms with E-state index in [2.05, 4.69) is 48.4 Å². The third kappa shape index (κ3) is 3.59. The van der Waals surface area contributed by atoms with Gasteiger partial charge in [0.1, 0.15) is 5.82 Å². The van der Waals surface area contributed by atoms with Crippen LogP contribution in [0.25, 0.3) is 5.70 Å². The van der Waals surface area contributed by atoms with Crippen molar-refractivity contribution in [2.24, 2.45) is 10.1 Å². The molecule has 0 amide bonds. The second kappa shape index (κ2) is 8.75. The summed E-state index contributed by atoms with van der Waals surface area (Å²) in [5.74, 6) is -0.215. The minimum absolute atomic E-state index is 0.163. The maximum atomic E-state index is 13.7. The molecule has 3 aliphatic rings. The van der Waals surface area contributed by atoms with Crippen LogP contribution in [0.15, 0.2) is 88.5 Å². The van der Waals surface area contributed by atoms with E-state index in [1.54, 1.807) is 24.1 Å². The molecule has 3 aromatic rings. The first-order valence-corrected chi connectivity index (χ1v) is 12.1. The minimum atomic E-state index is -0.521. The van der Waals surface area contributed by atoms with Crippen LogP contribution in [0.5, 0.6) is 0 Å². The molecule has 0 aromatic heterocycles. The molecular weight excluding hydrogens is 455 g/mol. The lowest BCUT2D eigenvalue weighted by Gasteiger charge is -2.39. The topological polar surface area (TPSA) is 57.5 Å². The first kappa shape index (κ1) is 22.2. The van der Waals surface area contributed by atoms with E-state index >= 15 is 0 Å². The maximum Gasteiger partial charge on any atom is 0.376 e. The summed E-state index contributed by atoms with van der Waals surface area (Å²) in [5.41, 5.74) is 7.18. The number of aryl methyl sites for hydroxylation is 2. The van der Waals surface area contributed by atoms with E-state index in [0.29, 0.717) is 11.6 Å². The lowest BCUT2D eigenvalue weighted by atomic mass is 9.82. The fourth-order valence-electron chi connectivity index (χ4n) is 5.10. The molecule has 0 bridgehead atoms. The summed E-state index contributed by atoms with van der Waals surface area (Å²) in [6, 6.07) is 22.4. The van der Waals surface area contributed by atoms with Crippen molar-refractivity contribution in [2.75, 3.05) is 11.6 Å². The number of carbonyl (C=O) groups excluding carboxylic acids is 1. The highest BCUT2D eigenvalue weighted by Crippen LogP contribution is 2.46. The summed E-state index contributed by atoms with van der Waals surface area (Å²) in [6.45, 7) is 4.05. The molecule has 2 aliphatic heterocycles. The summed E-state index contributed by atoms with van der Waals surface area (Å²) in [7, 11) is 0. The summed E-state index contributed by atoms with van der Waals surface area (Å²) in [4.78, 5) is 20.1. The van der Waals surface area contributed by atoms with Gasteiger partial charge in [-0.1, -0.05) is 54.1 Å². The van der Waals surface area contributed by atoms with Crippen molar-refractivity contribution in [1.82, 2.24) is 4.90 Å². The third-order valence-corrected chi connectivity index (χ3v) is 6.79. The summed E-state index contributed by atoms with van der Waals surface area (Å²) in [5, 5.41) is 6.28. The Kier molecular flexibility index (Phi) is 5.40. The zero-order valence-electron chi connectivity index (χ0n) is 20.1. The highest BCUT2D eigenvalue weighted by Gasteiger charge is 2.46. The fraction of sp³-hybridized carbons (Fsp3) is 0.207. The van der Waals surface area contributed by atoms with Gasteiger partial charge in [0, 0.05) is 5.56 Å². The minimum Gasteiger partial charge on any atom is -0.460 e. The molecule has 1 aliphatic carbocycles. The molecule has 0 unspecified atom stereocenters. The first-order valence-electron chi connectivity index (χ1n) is 12.1. The van der Waals surface area contributed by atoms with Crippen LogP contribution >= 0.6 is 0 Å². The van der Waals surface area contributed by atoms with E-state index in [1.807, 2.05) is 17.0 Å². The molecular formula is C29H25FN4O2. The van der Waals surface area contributed by atoms with Gasteiger partial charge >= 0.3 is 5.97 Å². The molecule has 0 spiro atoms. The van der Waals surface area contributed by atoms with Gasteiger partial charge < -0.3 is 4.74 Å². The van der Waals surface area contributed by atoms with Crippen LogP contribution in [0.2, 0.25) is 0 Å². The lowest BCUT2D eigenvalue weighted by Crippen LogP contribution is -2.46. The van der Waals surface area contributed by atoms with Crippen LogP contribution in [0.4, 0.5) is 10.1 Å². The molecule has 0 saturated carbocycles. The number of hydrogen-bond donors (Lipinski definition) is 0. The SMILES string of the molecule is CCOC(=O)C1=NN(c2ccc(F)cc2)C2=NC3=C(CCc4ccccc43)[C@@H](c3ccc(C)cc3)N12. The largest absolute Gasteiger partial charge is 0.460 e. The lowest BCUT2D eigenvalue weighted by molar-refractivity contribution is -0.135. The Morgan fingerprint density at radius 1 is 1.03 bits per heavy atom. The maximum absolute atomic E-state index is 13.7. The number of esters is 1. The van der Waals surface area contributed by atoms with Crippen molar-refractivity contribution in [3.8, 4) is 0 Å². The third-order valence-electron chi connectivity index (χ3n) is 6.79. The average Bonchev–Trinajstić information content (AvgIpc) is 3.28. The number of fused-ring (bicyclic) bond motifs is 3. The van der Waals surface area contributed by atoms with Crippen LogP contribution in [-0.4, -0.2) is 29.3 Å². The van der Waals surface area contributed by atoms with Gasteiger partial charge in [0.25, 0.3) is 0 Å². The number of hydrazone groups is 1. The second-order valence-corrected chi connectivity index (χ2v) is 9.06. The average molecular weight is 481 g/mol. The Morgan fingerprint density at radius 3 is 2.53 bits per heavy atom. The second-order valence-electron chi connectivity index (χ2n) is 9.06. The van der Waals surface area contributed by atoms with Gasteiger partial charge in [0.15, 0.2) is 0 Å². The van der Waals surface area contributed by atoms with Crippen molar-refractivity contribution in [3.05, 3.63) is 106 Å². The Hall–Kier alpha value is -4.26. The Morgan fingerprint density at radius 2 is 1.78 bits per heavy atom. The highest BCUT2D eigenvalue weighted by atomic mass is 19.1. The zero-order chi connectivity index (χ0) is 24.8. The predicted molar refractivity (Wildman–Crippen MR) is 138 cm³/mol. The van der Waals surface area contributed by atoms with Crippen LogP contribution in [0.3, 0.4) is 0 Å². The number of carbonyl (C=O) groups is 1. The van der Waals surface area contributed by atoms with Gasteiger partial charge in [-0.05, 0) is 67.7 Å². The smallest absolute Gasteiger partial charge is 0.376 e. The summed E-state index contributed by atoms with van der Waals surface area (Å²) in [6.07, 6.45) is 1.70. The predicted octanol–water partition coefficient (Wildman–Crippen LogP) is 5.60. The van der Waals surface area contributed by atoms with Gasteiger partial charge in [-0.2, -0.15) is 5.01 Å². The number of ether oxygens (including phenoxy) is 1. The van der Waals surface area contributed by atoms with Crippen molar-refractivity contribution in [2.45, 2.75) is 32.7 Å². The molecule has 1 atom stereocenters. The van der Waals surface area contributed by atoms with Gasteiger partial charge in [-0.3, -0.25) is 4.90 Å². The molecule has 0 fully saturated rings. The van der Waals surface area contributed by atoms with Gasteiger partial charge in [-0.25, -0.2) is 14.2 Å². The Bertz CT molecular complexity index is 1440. The first-order chi connectivity index (χ1) is 17.5.